The van der Waals surface area contributed by atoms with Crippen LogP contribution in [0.1, 0.15) is 29.7 Å². The topological polar surface area (TPSA) is 91.4 Å². The molecule has 0 unspecified atom stereocenters. The number of carbonyl (C=O) groups is 1. The number of carbonyl (C=O) groups excluding carboxylic acids is 1. The summed E-state index contributed by atoms with van der Waals surface area (Å²) in [4.78, 5) is 18.2. The molecule has 0 saturated carbocycles. The number of aromatic nitrogens is 5. The van der Waals surface area contributed by atoms with Gasteiger partial charge >= 0.3 is 0 Å². The van der Waals surface area contributed by atoms with Crippen LogP contribution in [0.5, 0.6) is 0 Å². The van der Waals surface area contributed by atoms with E-state index < -0.39 is 0 Å². The van der Waals surface area contributed by atoms with E-state index in [0.29, 0.717) is 0 Å². The molecule has 6 aromatic rings. The van der Waals surface area contributed by atoms with Gasteiger partial charge in [0.15, 0.2) is 0 Å². The number of nitrogens with zero attached hydrogens (tertiary/aromatic N) is 3. The fourth-order valence-electron chi connectivity index (χ4n) is 4.63. The van der Waals surface area contributed by atoms with Crippen LogP contribution in [0.3, 0.4) is 0 Å². The molecule has 9 heteroatoms. The van der Waals surface area contributed by atoms with Crippen LogP contribution >= 0.6 is 31.9 Å². The van der Waals surface area contributed by atoms with Gasteiger partial charge in [-0.15, -0.1) is 5.10 Å². The number of aromatic amines is 2. The van der Waals surface area contributed by atoms with E-state index in [9.17, 15) is 4.79 Å². The van der Waals surface area contributed by atoms with Crippen LogP contribution in [0.15, 0.2) is 88.2 Å². The molecule has 6 rings (SSSR count). The minimum absolute atomic E-state index is 0.107. The molecular weight excluding hydrogens is 584 g/mol. The van der Waals surface area contributed by atoms with Gasteiger partial charge in [0.1, 0.15) is 0 Å². The predicted molar refractivity (Wildman–Crippen MR) is 149 cm³/mol. The first-order valence-electron chi connectivity index (χ1n) is 11.3. The number of halogens is 2. The van der Waals surface area contributed by atoms with Crippen LogP contribution in [-0.4, -0.2) is 30.9 Å². The van der Waals surface area contributed by atoms with Gasteiger partial charge in [0.25, 0.3) is 0 Å². The molecule has 1 amide bonds. The summed E-state index contributed by atoms with van der Waals surface area (Å²) in [5.41, 5.74) is 6.74. The molecule has 3 heterocycles. The second-order valence-corrected chi connectivity index (χ2v) is 10.4. The first-order chi connectivity index (χ1) is 17.5. The first-order valence-corrected chi connectivity index (χ1v) is 12.9. The SMILES string of the molecule is CC(=O)Nc1ccc(-n2cc(C(c3c[nH]c4ccc(Br)cc34)c3c[nH]c4ccc(Br)cc34)nn2)cc1. The molecule has 36 heavy (non-hydrogen) atoms. The van der Waals surface area contributed by atoms with Crippen LogP contribution in [0, 0.1) is 0 Å². The Morgan fingerprint density at radius 2 is 1.47 bits per heavy atom. The molecule has 0 bridgehead atoms. The summed E-state index contributed by atoms with van der Waals surface area (Å²) >= 11 is 7.25. The Balaban J connectivity index is 1.49. The number of rotatable bonds is 5. The molecule has 7 nitrogen and oxygen atoms in total. The zero-order valence-electron chi connectivity index (χ0n) is 19.1. The van der Waals surface area contributed by atoms with Crippen molar-refractivity contribution >= 4 is 65.3 Å². The van der Waals surface area contributed by atoms with Gasteiger partial charge in [-0.25, -0.2) is 4.68 Å². The van der Waals surface area contributed by atoms with Crippen molar-refractivity contribution in [3.05, 3.63) is 105 Å². The van der Waals surface area contributed by atoms with Crippen molar-refractivity contribution in [2.45, 2.75) is 12.8 Å². The fraction of sp³-hybridized carbons (Fsp3) is 0.0741. The molecule has 0 aliphatic heterocycles. The van der Waals surface area contributed by atoms with Crippen molar-refractivity contribution in [3.8, 4) is 5.69 Å². The normalized spacial score (nSPS) is 11.6. The summed E-state index contributed by atoms with van der Waals surface area (Å²) in [6.45, 7) is 1.49. The van der Waals surface area contributed by atoms with E-state index in [4.69, 9.17) is 0 Å². The van der Waals surface area contributed by atoms with Gasteiger partial charge in [-0.2, -0.15) is 0 Å². The van der Waals surface area contributed by atoms with Crippen LogP contribution in [0.25, 0.3) is 27.5 Å². The second kappa shape index (κ2) is 9.07. The molecule has 0 aliphatic rings. The lowest BCUT2D eigenvalue weighted by Crippen LogP contribution is -2.05. The van der Waals surface area contributed by atoms with Crippen LogP contribution < -0.4 is 5.32 Å². The molecule has 0 aliphatic carbocycles. The van der Waals surface area contributed by atoms with Crippen LogP contribution in [0.4, 0.5) is 5.69 Å². The van der Waals surface area contributed by atoms with Crippen molar-refractivity contribution in [1.29, 1.82) is 0 Å². The quantitative estimate of drug-likeness (QED) is 0.200. The third-order valence-electron chi connectivity index (χ3n) is 6.23. The predicted octanol–water partition coefficient (Wildman–Crippen LogP) is 6.89. The maximum Gasteiger partial charge on any atom is 0.221 e. The lowest BCUT2D eigenvalue weighted by atomic mass is 9.88. The second-order valence-electron chi connectivity index (χ2n) is 8.62. The Morgan fingerprint density at radius 3 is 2.03 bits per heavy atom. The van der Waals surface area contributed by atoms with E-state index in [2.05, 4.69) is 94.1 Å². The molecule has 0 radical (unpaired) electrons. The van der Waals surface area contributed by atoms with E-state index in [1.807, 2.05) is 42.6 Å². The van der Waals surface area contributed by atoms with E-state index >= 15 is 0 Å². The Bertz CT molecular complexity index is 1650. The molecule has 0 atom stereocenters. The molecular formula is C27H20Br2N6O. The number of benzene rings is 3. The Morgan fingerprint density at radius 1 is 0.889 bits per heavy atom. The van der Waals surface area contributed by atoms with E-state index in [1.165, 1.54) is 6.92 Å². The molecule has 3 N–H and O–H groups in total. The van der Waals surface area contributed by atoms with Crippen molar-refractivity contribution in [1.82, 2.24) is 25.0 Å². The Hall–Kier alpha value is -3.69. The van der Waals surface area contributed by atoms with Gasteiger partial charge in [-0.3, -0.25) is 4.79 Å². The molecule has 0 saturated heterocycles. The summed E-state index contributed by atoms with van der Waals surface area (Å²) in [6, 6.07) is 20.0. The van der Waals surface area contributed by atoms with Crippen molar-refractivity contribution in [2.75, 3.05) is 5.32 Å². The summed E-state index contributed by atoms with van der Waals surface area (Å²) in [6.07, 6.45) is 6.07. The standard InChI is InChI=1S/C27H20Br2N6O/c1-15(36)32-18-4-6-19(7-5-18)35-14-26(33-34-35)27(22-12-30-24-8-2-16(28)10-20(22)24)23-13-31-25-9-3-17(29)11-21(23)25/h2-14,27,30-31H,1H3,(H,32,36). The Kier molecular flexibility index (Phi) is 5.73. The third-order valence-corrected chi connectivity index (χ3v) is 7.22. The monoisotopic (exact) mass is 602 g/mol. The summed E-state index contributed by atoms with van der Waals surface area (Å²) < 4.78 is 3.79. The van der Waals surface area contributed by atoms with E-state index in [1.54, 1.807) is 4.68 Å². The average Bonchev–Trinajstić information content (AvgIpc) is 3.59. The number of amides is 1. The first kappa shape index (κ1) is 22.8. The number of nitrogens with one attached hydrogen (secondary N) is 3. The van der Waals surface area contributed by atoms with E-state index in [-0.39, 0.29) is 11.8 Å². The summed E-state index contributed by atoms with van der Waals surface area (Å²) in [5, 5.41) is 14.1. The van der Waals surface area contributed by atoms with Crippen LogP contribution in [0.2, 0.25) is 0 Å². The van der Waals surface area contributed by atoms with Gasteiger partial charge < -0.3 is 15.3 Å². The third kappa shape index (κ3) is 4.14. The lowest BCUT2D eigenvalue weighted by molar-refractivity contribution is -0.114. The highest BCUT2D eigenvalue weighted by Crippen LogP contribution is 2.40. The zero-order valence-corrected chi connectivity index (χ0v) is 22.3. The average molecular weight is 604 g/mol. The maximum atomic E-state index is 11.4. The van der Waals surface area contributed by atoms with Crippen molar-refractivity contribution < 1.29 is 4.79 Å². The lowest BCUT2D eigenvalue weighted by Gasteiger charge is -2.14. The molecule has 178 valence electrons. The zero-order chi connectivity index (χ0) is 24.8. The van der Waals surface area contributed by atoms with Crippen molar-refractivity contribution in [3.63, 3.8) is 0 Å². The number of hydrogen-bond donors (Lipinski definition) is 3. The highest BCUT2D eigenvalue weighted by atomic mass is 79.9. The van der Waals surface area contributed by atoms with E-state index in [0.717, 1.165) is 58.9 Å². The highest BCUT2D eigenvalue weighted by molar-refractivity contribution is 9.10. The number of anilines is 1. The highest BCUT2D eigenvalue weighted by Gasteiger charge is 2.26. The number of hydrogen-bond acceptors (Lipinski definition) is 3. The fourth-order valence-corrected chi connectivity index (χ4v) is 5.35. The van der Waals surface area contributed by atoms with Gasteiger partial charge in [0.05, 0.1) is 23.5 Å². The summed E-state index contributed by atoms with van der Waals surface area (Å²) in [7, 11) is 0. The molecule has 3 aromatic carbocycles. The minimum Gasteiger partial charge on any atom is -0.361 e. The van der Waals surface area contributed by atoms with Crippen LogP contribution in [-0.2, 0) is 4.79 Å². The molecule has 0 spiro atoms. The van der Waals surface area contributed by atoms with Crippen molar-refractivity contribution in [2.24, 2.45) is 0 Å². The minimum atomic E-state index is -0.163. The summed E-state index contributed by atoms with van der Waals surface area (Å²) in [5.74, 6) is -0.270. The smallest absolute Gasteiger partial charge is 0.221 e. The van der Waals surface area contributed by atoms with Gasteiger partial charge in [0, 0.05) is 55.8 Å². The van der Waals surface area contributed by atoms with Gasteiger partial charge in [-0.1, -0.05) is 37.1 Å². The number of fused-ring (bicyclic) bond motifs is 2. The molecule has 0 fully saturated rings. The maximum absolute atomic E-state index is 11.4. The Labute approximate surface area is 223 Å². The van der Waals surface area contributed by atoms with Gasteiger partial charge in [0.2, 0.25) is 5.91 Å². The largest absolute Gasteiger partial charge is 0.361 e. The number of H-pyrrole nitrogens is 2. The van der Waals surface area contributed by atoms with Gasteiger partial charge in [-0.05, 0) is 71.8 Å². The molecule has 3 aromatic heterocycles.